The highest BCUT2D eigenvalue weighted by Crippen LogP contribution is 2.20. The number of carbonyl (C=O) groups is 1. The number of hydrogen-bond acceptors (Lipinski definition) is 5. The molecule has 1 N–H and O–H groups in total. The van der Waals surface area contributed by atoms with Crippen molar-refractivity contribution in [1.82, 2.24) is 14.9 Å². The second kappa shape index (κ2) is 6.95. The zero-order valence-corrected chi connectivity index (χ0v) is 14.1. The molecule has 122 valence electrons. The van der Waals surface area contributed by atoms with Crippen LogP contribution in [0.3, 0.4) is 0 Å². The van der Waals surface area contributed by atoms with Gasteiger partial charge < -0.3 is 9.64 Å². The lowest BCUT2D eigenvalue weighted by molar-refractivity contribution is 0.111. The van der Waals surface area contributed by atoms with Gasteiger partial charge in [-0.05, 0) is 31.4 Å². The van der Waals surface area contributed by atoms with Crippen LogP contribution in [0.25, 0.3) is 0 Å². The molecule has 0 aliphatic carbocycles. The van der Waals surface area contributed by atoms with Crippen LogP contribution in [0.2, 0.25) is 0 Å². The van der Waals surface area contributed by atoms with E-state index in [0.717, 1.165) is 23.5 Å². The molecule has 0 spiro atoms. The Hall–Kier alpha value is -2.15. The number of rotatable bonds is 3. The fraction of sp³-hybridized carbons (Fsp3) is 0.438. The highest BCUT2D eigenvalue weighted by atomic mass is 32.1. The van der Waals surface area contributed by atoms with E-state index in [2.05, 4.69) is 15.3 Å². The van der Waals surface area contributed by atoms with Gasteiger partial charge in [0, 0.05) is 37.7 Å². The molecule has 23 heavy (non-hydrogen) atoms. The Morgan fingerprint density at radius 1 is 1.35 bits per heavy atom. The smallest absolute Gasteiger partial charge is 0.322 e. The normalized spacial score (nSPS) is 15.5. The Morgan fingerprint density at radius 2 is 2.13 bits per heavy atom. The van der Waals surface area contributed by atoms with Gasteiger partial charge in [-0.1, -0.05) is 0 Å². The van der Waals surface area contributed by atoms with Gasteiger partial charge in [-0.2, -0.15) is 4.98 Å². The molecule has 0 bridgehead atoms. The summed E-state index contributed by atoms with van der Waals surface area (Å²) in [6.07, 6.45) is 1.70. The lowest BCUT2D eigenvalue weighted by Gasteiger charge is -2.31. The first kappa shape index (κ1) is 15.7. The minimum Gasteiger partial charge on any atom is -0.474 e. The highest BCUT2D eigenvalue weighted by Gasteiger charge is 2.24. The van der Waals surface area contributed by atoms with E-state index in [9.17, 15) is 4.79 Å². The fourth-order valence-electron chi connectivity index (χ4n) is 2.62. The van der Waals surface area contributed by atoms with Gasteiger partial charge in [-0.3, -0.25) is 5.32 Å². The van der Waals surface area contributed by atoms with Crippen molar-refractivity contribution >= 4 is 22.4 Å². The number of anilines is 1. The molecule has 1 fully saturated rings. The second-order valence-corrected chi connectivity index (χ2v) is 6.55. The van der Waals surface area contributed by atoms with Crippen molar-refractivity contribution in [2.45, 2.75) is 32.8 Å². The second-order valence-electron chi connectivity index (χ2n) is 5.61. The number of nitrogens with zero attached hydrogens (tertiary/aromatic N) is 3. The number of thiophene rings is 1. The van der Waals surface area contributed by atoms with Crippen molar-refractivity contribution in [3.05, 3.63) is 35.1 Å². The maximum atomic E-state index is 12.2. The molecule has 1 saturated heterocycles. The minimum absolute atomic E-state index is 0.0420. The molecular weight excluding hydrogens is 312 g/mol. The maximum Gasteiger partial charge on any atom is 0.322 e. The fourth-order valence-corrected chi connectivity index (χ4v) is 3.23. The SMILES string of the molecule is Cc1cc(OC2CCN(C(=O)Nc3cccs3)CC2)nc(C)n1. The average molecular weight is 332 g/mol. The van der Waals surface area contributed by atoms with Gasteiger partial charge in [0.05, 0.1) is 5.00 Å². The first-order valence-electron chi connectivity index (χ1n) is 7.68. The van der Waals surface area contributed by atoms with E-state index >= 15 is 0 Å². The molecule has 2 aromatic heterocycles. The summed E-state index contributed by atoms with van der Waals surface area (Å²) in [5, 5.41) is 5.74. The van der Waals surface area contributed by atoms with Gasteiger partial charge in [-0.15, -0.1) is 11.3 Å². The van der Waals surface area contributed by atoms with E-state index < -0.39 is 0 Å². The summed E-state index contributed by atoms with van der Waals surface area (Å²) < 4.78 is 5.94. The third kappa shape index (κ3) is 4.19. The van der Waals surface area contributed by atoms with Crippen molar-refractivity contribution in [1.29, 1.82) is 0 Å². The average Bonchev–Trinajstić information content (AvgIpc) is 3.00. The van der Waals surface area contributed by atoms with Crippen LogP contribution in [-0.2, 0) is 0 Å². The Kier molecular flexibility index (Phi) is 4.76. The van der Waals surface area contributed by atoms with Gasteiger partial charge >= 0.3 is 6.03 Å². The number of aryl methyl sites for hydroxylation is 2. The number of nitrogens with one attached hydrogen (secondary N) is 1. The number of ether oxygens (including phenoxy) is 1. The van der Waals surface area contributed by atoms with E-state index in [-0.39, 0.29) is 12.1 Å². The van der Waals surface area contributed by atoms with E-state index in [1.54, 1.807) is 0 Å². The van der Waals surface area contributed by atoms with Crippen LogP contribution in [0.4, 0.5) is 9.80 Å². The van der Waals surface area contributed by atoms with Crippen LogP contribution >= 0.6 is 11.3 Å². The van der Waals surface area contributed by atoms with Gasteiger partial charge in [0.15, 0.2) is 0 Å². The van der Waals surface area contributed by atoms with Crippen LogP contribution in [0, 0.1) is 13.8 Å². The Labute approximate surface area is 139 Å². The summed E-state index contributed by atoms with van der Waals surface area (Å²) in [7, 11) is 0. The molecule has 2 amide bonds. The number of aromatic nitrogens is 2. The summed E-state index contributed by atoms with van der Waals surface area (Å²) in [6.45, 7) is 5.16. The molecular formula is C16H20N4O2S. The lowest BCUT2D eigenvalue weighted by Crippen LogP contribution is -2.43. The topological polar surface area (TPSA) is 67.3 Å². The first-order chi connectivity index (χ1) is 11.1. The van der Waals surface area contributed by atoms with Crippen molar-refractivity contribution in [2.24, 2.45) is 0 Å². The Balaban J connectivity index is 1.51. The number of hydrogen-bond donors (Lipinski definition) is 1. The molecule has 3 rings (SSSR count). The van der Waals surface area contributed by atoms with E-state index in [1.165, 1.54) is 11.3 Å². The van der Waals surface area contributed by atoms with Crippen LogP contribution in [0.15, 0.2) is 23.6 Å². The van der Waals surface area contributed by atoms with E-state index in [1.807, 2.05) is 42.3 Å². The summed E-state index contributed by atoms with van der Waals surface area (Å²) in [6, 6.07) is 5.63. The Morgan fingerprint density at radius 3 is 2.78 bits per heavy atom. The lowest BCUT2D eigenvalue weighted by atomic mass is 10.1. The highest BCUT2D eigenvalue weighted by molar-refractivity contribution is 7.14. The molecule has 0 radical (unpaired) electrons. The largest absolute Gasteiger partial charge is 0.474 e. The summed E-state index contributed by atoms with van der Waals surface area (Å²) in [5.41, 5.74) is 0.903. The Bertz CT molecular complexity index is 646. The molecule has 0 aromatic carbocycles. The molecule has 6 nitrogen and oxygen atoms in total. The van der Waals surface area contributed by atoms with Gasteiger partial charge in [0.25, 0.3) is 0 Å². The summed E-state index contributed by atoms with van der Waals surface area (Å²) in [4.78, 5) is 22.6. The molecule has 7 heteroatoms. The van der Waals surface area contributed by atoms with Gasteiger partial charge in [0.1, 0.15) is 11.9 Å². The van der Waals surface area contributed by atoms with Crippen LogP contribution in [-0.4, -0.2) is 40.1 Å². The quantitative estimate of drug-likeness (QED) is 0.937. The van der Waals surface area contributed by atoms with Gasteiger partial charge in [-0.25, -0.2) is 9.78 Å². The number of amides is 2. The van der Waals surface area contributed by atoms with E-state index in [4.69, 9.17) is 4.74 Å². The van der Waals surface area contributed by atoms with Crippen molar-refractivity contribution < 1.29 is 9.53 Å². The monoisotopic (exact) mass is 332 g/mol. The van der Waals surface area contributed by atoms with Gasteiger partial charge in [0.2, 0.25) is 5.88 Å². The molecule has 0 saturated carbocycles. The zero-order chi connectivity index (χ0) is 16.2. The number of likely N-dealkylation sites (tertiary alicyclic amines) is 1. The molecule has 1 aliphatic rings. The number of urea groups is 1. The number of piperidine rings is 1. The summed E-state index contributed by atoms with van der Waals surface area (Å²) in [5.74, 6) is 1.34. The van der Waals surface area contributed by atoms with Crippen molar-refractivity contribution in [2.75, 3.05) is 18.4 Å². The predicted octanol–water partition coefficient (Wildman–Crippen LogP) is 3.23. The zero-order valence-electron chi connectivity index (χ0n) is 13.3. The van der Waals surface area contributed by atoms with Crippen LogP contribution in [0.5, 0.6) is 5.88 Å². The van der Waals surface area contributed by atoms with Crippen LogP contribution < -0.4 is 10.1 Å². The first-order valence-corrected chi connectivity index (χ1v) is 8.56. The molecule has 0 unspecified atom stereocenters. The molecule has 3 heterocycles. The predicted molar refractivity (Wildman–Crippen MR) is 90.1 cm³/mol. The van der Waals surface area contributed by atoms with Crippen molar-refractivity contribution in [3.8, 4) is 5.88 Å². The molecule has 1 aliphatic heterocycles. The van der Waals surface area contributed by atoms with Crippen molar-refractivity contribution in [3.63, 3.8) is 0 Å². The molecule has 0 atom stereocenters. The third-order valence-electron chi connectivity index (χ3n) is 3.71. The maximum absolute atomic E-state index is 12.2. The van der Waals surface area contributed by atoms with Crippen LogP contribution in [0.1, 0.15) is 24.4 Å². The summed E-state index contributed by atoms with van der Waals surface area (Å²) >= 11 is 1.52. The molecule has 2 aromatic rings. The van der Waals surface area contributed by atoms with E-state index in [0.29, 0.717) is 24.8 Å². The minimum atomic E-state index is -0.0420. The standard InChI is InChI=1S/C16H20N4O2S/c1-11-10-14(18-12(2)17-11)22-13-5-7-20(8-6-13)16(21)19-15-4-3-9-23-15/h3-4,9-10,13H,5-8H2,1-2H3,(H,19,21). The third-order valence-corrected chi connectivity index (χ3v) is 4.50. The number of carbonyl (C=O) groups excluding carboxylic acids is 1.